The van der Waals surface area contributed by atoms with Crippen molar-refractivity contribution in [1.29, 1.82) is 0 Å². The number of carbonyl (C=O) groups excluding carboxylic acids is 1. The smallest absolute Gasteiger partial charge is 0.257 e. The number of nitrogens with two attached hydrogens (primary N) is 1. The van der Waals surface area contributed by atoms with Crippen molar-refractivity contribution in [3.05, 3.63) is 58.5 Å². The number of halogens is 2. The van der Waals surface area contributed by atoms with E-state index < -0.39 is 11.7 Å². The Bertz CT molecular complexity index is 648. The number of amides is 1. The zero-order valence-electron chi connectivity index (χ0n) is 10.8. The molecule has 1 amide bonds. The molecule has 4 nitrogen and oxygen atoms in total. The molecule has 1 aromatic carbocycles. The highest BCUT2D eigenvalue weighted by Gasteiger charge is 2.18. The molecule has 0 spiro atoms. The summed E-state index contributed by atoms with van der Waals surface area (Å²) < 4.78 is 13.8. The first kappa shape index (κ1) is 14.3. The van der Waals surface area contributed by atoms with Crippen LogP contribution in [0.2, 0.25) is 5.02 Å². The van der Waals surface area contributed by atoms with Gasteiger partial charge in [-0.05, 0) is 23.8 Å². The third kappa shape index (κ3) is 3.05. The van der Waals surface area contributed by atoms with Crippen LogP contribution in [-0.4, -0.2) is 22.8 Å². The van der Waals surface area contributed by atoms with Crippen LogP contribution in [0.5, 0.6) is 0 Å². The van der Waals surface area contributed by atoms with Crippen molar-refractivity contribution in [3.8, 4) is 0 Å². The minimum absolute atomic E-state index is 0.0953. The second-order valence-corrected chi connectivity index (χ2v) is 4.79. The van der Waals surface area contributed by atoms with Crippen molar-refractivity contribution < 1.29 is 9.18 Å². The zero-order valence-corrected chi connectivity index (χ0v) is 11.6. The minimum atomic E-state index is -0.796. The number of anilines is 1. The lowest BCUT2D eigenvalue weighted by atomic mass is 10.2. The molecular weight excluding hydrogens is 281 g/mol. The normalized spacial score (nSPS) is 10.3. The highest BCUT2D eigenvalue weighted by Crippen LogP contribution is 2.16. The van der Waals surface area contributed by atoms with Gasteiger partial charge in [-0.25, -0.2) is 9.37 Å². The van der Waals surface area contributed by atoms with Gasteiger partial charge in [-0.2, -0.15) is 0 Å². The standard InChI is InChI=1S/C14H13ClFN3O/c1-19(8-9-3-2-4-10(15)7-9)14(20)11-5-6-18-13(17)12(11)16/h2-7H,8H2,1H3,(H2,17,18). The van der Waals surface area contributed by atoms with Crippen LogP contribution in [0.3, 0.4) is 0 Å². The fourth-order valence-corrected chi connectivity index (χ4v) is 2.02. The first-order chi connectivity index (χ1) is 9.49. The number of benzene rings is 1. The van der Waals surface area contributed by atoms with Crippen LogP contribution in [0.4, 0.5) is 10.2 Å². The van der Waals surface area contributed by atoms with Gasteiger partial charge < -0.3 is 10.6 Å². The Morgan fingerprint density at radius 1 is 1.45 bits per heavy atom. The maximum atomic E-state index is 13.8. The molecular formula is C14H13ClFN3O. The average Bonchev–Trinajstić information content (AvgIpc) is 2.41. The molecule has 0 unspecified atom stereocenters. The van der Waals surface area contributed by atoms with Crippen LogP contribution in [0.15, 0.2) is 36.5 Å². The quantitative estimate of drug-likeness (QED) is 0.946. The molecule has 6 heteroatoms. The van der Waals surface area contributed by atoms with Gasteiger partial charge in [0.05, 0.1) is 5.56 Å². The molecule has 0 saturated heterocycles. The van der Waals surface area contributed by atoms with Crippen molar-refractivity contribution in [2.24, 2.45) is 0 Å². The van der Waals surface area contributed by atoms with E-state index in [1.54, 1.807) is 25.2 Å². The van der Waals surface area contributed by atoms with Gasteiger partial charge in [0.15, 0.2) is 11.6 Å². The van der Waals surface area contributed by atoms with Crippen molar-refractivity contribution >= 4 is 23.3 Å². The minimum Gasteiger partial charge on any atom is -0.381 e. The molecule has 0 aliphatic heterocycles. The predicted octanol–water partition coefficient (Wildman–Crippen LogP) is 2.73. The average molecular weight is 294 g/mol. The molecule has 0 fully saturated rings. The van der Waals surface area contributed by atoms with Gasteiger partial charge in [-0.1, -0.05) is 23.7 Å². The molecule has 104 valence electrons. The summed E-state index contributed by atoms with van der Waals surface area (Å²) in [5.74, 6) is -1.54. The van der Waals surface area contributed by atoms with E-state index in [0.717, 1.165) is 5.56 Å². The number of hydrogen-bond acceptors (Lipinski definition) is 3. The predicted molar refractivity (Wildman–Crippen MR) is 75.9 cm³/mol. The maximum absolute atomic E-state index is 13.8. The lowest BCUT2D eigenvalue weighted by Gasteiger charge is -2.18. The summed E-state index contributed by atoms with van der Waals surface area (Å²) >= 11 is 5.88. The van der Waals surface area contributed by atoms with Crippen LogP contribution >= 0.6 is 11.6 Å². The fourth-order valence-electron chi connectivity index (χ4n) is 1.81. The van der Waals surface area contributed by atoms with Crippen molar-refractivity contribution in [1.82, 2.24) is 9.88 Å². The van der Waals surface area contributed by atoms with E-state index in [2.05, 4.69) is 4.98 Å². The number of rotatable bonds is 3. The van der Waals surface area contributed by atoms with Gasteiger partial charge >= 0.3 is 0 Å². The molecule has 2 N–H and O–H groups in total. The number of pyridine rings is 1. The van der Waals surface area contributed by atoms with Gasteiger partial charge in [0, 0.05) is 24.8 Å². The first-order valence-electron chi connectivity index (χ1n) is 5.89. The molecule has 1 heterocycles. The number of hydrogen-bond donors (Lipinski definition) is 1. The van der Waals surface area contributed by atoms with E-state index in [-0.39, 0.29) is 11.4 Å². The molecule has 2 rings (SSSR count). The summed E-state index contributed by atoms with van der Waals surface area (Å²) in [6, 6.07) is 8.44. The van der Waals surface area contributed by atoms with Crippen LogP contribution in [0.1, 0.15) is 15.9 Å². The lowest BCUT2D eigenvalue weighted by molar-refractivity contribution is 0.0780. The SMILES string of the molecule is CN(Cc1cccc(Cl)c1)C(=O)c1ccnc(N)c1F. The van der Waals surface area contributed by atoms with E-state index in [0.29, 0.717) is 11.6 Å². The molecule has 0 atom stereocenters. The largest absolute Gasteiger partial charge is 0.381 e. The highest BCUT2D eigenvalue weighted by molar-refractivity contribution is 6.30. The van der Waals surface area contributed by atoms with Crippen LogP contribution in [0, 0.1) is 5.82 Å². The number of nitrogen functional groups attached to an aromatic ring is 1. The van der Waals surface area contributed by atoms with Gasteiger partial charge in [0.1, 0.15) is 0 Å². The van der Waals surface area contributed by atoms with Crippen LogP contribution in [0.25, 0.3) is 0 Å². The summed E-state index contributed by atoms with van der Waals surface area (Å²) in [6.45, 7) is 0.320. The van der Waals surface area contributed by atoms with Gasteiger partial charge in [0.25, 0.3) is 5.91 Å². The van der Waals surface area contributed by atoms with Crippen molar-refractivity contribution in [2.75, 3.05) is 12.8 Å². The fraction of sp³-hybridized carbons (Fsp3) is 0.143. The molecule has 0 aliphatic carbocycles. The van der Waals surface area contributed by atoms with E-state index in [9.17, 15) is 9.18 Å². The summed E-state index contributed by atoms with van der Waals surface area (Å²) in [7, 11) is 1.58. The highest BCUT2D eigenvalue weighted by atomic mass is 35.5. The molecule has 0 saturated carbocycles. The Labute approximate surface area is 121 Å². The molecule has 0 bridgehead atoms. The van der Waals surface area contributed by atoms with Gasteiger partial charge in [0.2, 0.25) is 0 Å². The Morgan fingerprint density at radius 3 is 2.90 bits per heavy atom. The maximum Gasteiger partial charge on any atom is 0.257 e. The Hall–Kier alpha value is -2.14. The van der Waals surface area contributed by atoms with E-state index in [1.807, 2.05) is 6.07 Å². The van der Waals surface area contributed by atoms with Gasteiger partial charge in [-0.15, -0.1) is 0 Å². The third-order valence-electron chi connectivity index (χ3n) is 2.80. The first-order valence-corrected chi connectivity index (χ1v) is 6.26. The summed E-state index contributed by atoms with van der Waals surface area (Å²) in [4.78, 5) is 17.2. The lowest BCUT2D eigenvalue weighted by Crippen LogP contribution is -2.27. The monoisotopic (exact) mass is 293 g/mol. The molecule has 0 aliphatic rings. The Morgan fingerprint density at radius 2 is 2.20 bits per heavy atom. The number of nitrogens with zero attached hydrogens (tertiary/aromatic N) is 2. The number of carbonyl (C=O) groups is 1. The van der Waals surface area contributed by atoms with Crippen molar-refractivity contribution in [2.45, 2.75) is 6.54 Å². The molecule has 20 heavy (non-hydrogen) atoms. The summed E-state index contributed by atoms with van der Waals surface area (Å²) in [6.07, 6.45) is 1.30. The second-order valence-electron chi connectivity index (χ2n) is 4.35. The Kier molecular flexibility index (Phi) is 4.20. The van der Waals surface area contributed by atoms with E-state index in [4.69, 9.17) is 17.3 Å². The zero-order chi connectivity index (χ0) is 14.7. The van der Waals surface area contributed by atoms with Crippen LogP contribution < -0.4 is 5.73 Å². The van der Waals surface area contributed by atoms with Gasteiger partial charge in [-0.3, -0.25) is 4.79 Å². The Balaban J connectivity index is 2.19. The van der Waals surface area contributed by atoms with Crippen LogP contribution in [-0.2, 0) is 6.54 Å². The summed E-state index contributed by atoms with van der Waals surface area (Å²) in [5, 5.41) is 0.586. The van der Waals surface area contributed by atoms with Crippen molar-refractivity contribution in [3.63, 3.8) is 0 Å². The number of aromatic nitrogens is 1. The molecule has 1 aromatic heterocycles. The van der Waals surface area contributed by atoms with E-state index >= 15 is 0 Å². The molecule has 2 aromatic rings. The topological polar surface area (TPSA) is 59.2 Å². The summed E-state index contributed by atoms with van der Waals surface area (Å²) in [5.41, 5.74) is 6.12. The van der Waals surface area contributed by atoms with E-state index in [1.165, 1.54) is 17.2 Å². The third-order valence-corrected chi connectivity index (χ3v) is 3.04. The second kappa shape index (κ2) is 5.88. The molecule has 0 radical (unpaired) electrons.